The first kappa shape index (κ1) is 90.8. The predicted molar refractivity (Wildman–Crippen MR) is 411 cm³/mol. The van der Waals surface area contributed by atoms with Gasteiger partial charge in [0.15, 0.2) is 12.1 Å². The van der Waals surface area contributed by atoms with Crippen molar-refractivity contribution in [2.24, 2.45) is 0 Å². The van der Waals surface area contributed by atoms with Gasteiger partial charge in [-0.05, 0) is 169 Å². The maximum absolute atomic E-state index is 12.5. The van der Waals surface area contributed by atoms with E-state index >= 15 is 0 Å². The monoisotopic (exact) mass is 1540 g/mol. The van der Waals surface area contributed by atoms with Gasteiger partial charge >= 0.3 is 110 Å². The van der Waals surface area contributed by atoms with Crippen molar-refractivity contribution in [1.29, 1.82) is 0 Å². The van der Waals surface area contributed by atoms with Gasteiger partial charge in [0, 0.05) is 106 Å². The SMILES string of the molecule is CC(C)(C)[Si](OCCCc1ncc(/C=C/C(=O)CCCCc2ccc3c(n2)CCCC3)cn1)(c1ccccc1)c1ccccc1.CC(C)(C)[Si](OCCCc1ncc(C=O)cn1)(c1ccccc1)c1ccccc1.COP(=O)(CC(=O)CCCCc1ccc2c(n1)CCCC2)OC.O=CO[O-].[2H]CF.[H-].[K+].[K+]. The molecule has 23 heteroatoms. The quantitative estimate of drug-likeness (QED) is 0.00741. The zero-order chi connectivity index (χ0) is 75.1. The van der Waals surface area contributed by atoms with E-state index in [0.717, 1.165) is 125 Å². The molecule has 17 nitrogen and oxygen atoms in total. The fourth-order valence-corrected chi connectivity index (χ4v) is 23.3. The number of hydrogen-bond acceptors (Lipinski definition) is 17. The van der Waals surface area contributed by atoms with Gasteiger partial charge in [-0.3, -0.25) is 38.1 Å². The van der Waals surface area contributed by atoms with Crippen LogP contribution in [0, 0.1) is 0 Å². The molecule has 0 fully saturated rings. The molecule has 0 aliphatic heterocycles. The number of unbranched alkanes of at least 4 members (excludes halogenated alkanes) is 2. The number of alkyl halides is 1. The molecule has 0 amide bonds. The molecule has 2 aliphatic rings. The van der Waals surface area contributed by atoms with E-state index in [2.05, 4.69) is 212 Å². The van der Waals surface area contributed by atoms with E-state index in [1.807, 2.05) is 6.08 Å². The molecule has 0 radical (unpaired) electrons. The Labute approximate surface area is 712 Å². The third kappa shape index (κ3) is 29.5. The molecule has 0 atom stereocenters. The number of Topliss-reactive ketones (excluding diaryl/α,β-unsaturated/α-hetero) is 1. The van der Waals surface area contributed by atoms with E-state index in [9.17, 15) is 23.3 Å². The molecule has 552 valence electrons. The van der Waals surface area contributed by atoms with Gasteiger partial charge in [-0.15, -0.1) is 0 Å². The zero-order valence-corrected chi connectivity index (χ0v) is 72.6. The summed E-state index contributed by atoms with van der Waals surface area (Å²) in [6, 6.07) is 51.5. The van der Waals surface area contributed by atoms with Crippen LogP contribution in [0.2, 0.25) is 10.1 Å². The van der Waals surface area contributed by atoms with Gasteiger partial charge in [0.2, 0.25) is 0 Å². The summed E-state index contributed by atoms with van der Waals surface area (Å²) in [6.45, 7) is 14.8. The summed E-state index contributed by atoms with van der Waals surface area (Å²) in [5.41, 5.74) is 8.96. The number of fused-ring (bicyclic) bond motifs is 2. The number of rotatable bonds is 32. The molecule has 0 bridgehead atoms. The average Bonchev–Trinajstić information content (AvgIpc) is 0.754. The van der Waals surface area contributed by atoms with Crippen molar-refractivity contribution in [2.75, 3.05) is 40.7 Å². The number of aryl methyl sites for hydroxylation is 8. The van der Waals surface area contributed by atoms with Crippen LogP contribution in [0.5, 0.6) is 0 Å². The topological polar surface area (TPSA) is 232 Å². The Balaban J connectivity index is 0.000000415. The van der Waals surface area contributed by atoms with Gasteiger partial charge in [0.05, 0.1) is 14.1 Å². The number of ketones is 2. The van der Waals surface area contributed by atoms with Gasteiger partial charge in [-0.2, -0.15) is 0 Å². The summed E-state index contributed by atoms with van der Waals surface area (Å²) in [5, 5.41) is 13.5. The number of hydrogen-bond donors (Lipinski definition) is 0. The number of aromatic nitrogens is 6. The van der Waals surface area contributed by atoms with Crippen LogP contribution in [0.4, 0.5) is 4.39 Å². The molecule has 0 saturated carbocycles. The summed E-state index contributed by atoms with van der Waals surface area (Å²) in [5.74, 6) is 1.59. The minimum Gasteiger partial charge on any atom is -1.00 e. The molecule has 4 heterocycles. The van der Waals surface area contributed by atoms with Gasteiger partial charge in [0.25, 0.3) is 23.1 Å². The zero-order valence-electron chi connectivity index (χ0n) is 65.4. The third-order valence-electron chi connectivity index (χ3n) is 18.3. The van der Waals surface area contributed by atoms with Gasteiger partial charge in [-0.1, -0.05) is 175 Å². The number of carbonyl (C=O) groups is 4. The number of carbonyl (C=O) groups excluding carboxylic acids is 4. The predicted octanol–water partition coefficient (Wildman–Crippen LogP) is 7.92. The number of benzene rings is 4. The van der Waals surface area contributed by atoms with Crippen LogP contribution < -0.4 is 129 Å². The molecule has 0 saturated heterocycles. The van der Waals surface area contributed by atoms with Crippen LogP contribution in [0.1, 0.15) is 183 Å². The first-order valence-electron chi connectivity index (χ1n) is 36.5. The van der Waals surface area contributed by atoms with Crippen molar-refractivity contribution in [1.82, 2.24) is 29.9 Å². The molecular formula is C82H106FK2N6O11PSi2. The number of halogens is 1. The van der Waals surface area contributed by atoms with Gasteiger partial charge in [-0.25, -0.2) is 19.9 Å². The Morgan fingerprint density at radius 3 is 1.26 bits per heavy atom. The number of allylic oxidation sites excluding steroid dienone is 1. The van der Waals surface area contributed by atoms with E-state index in [0.29, 0.717) is 31.6 Å². The van der Waals surface area contributed by atoms with Crippen molar-refractivity contribution in [2.45, 2.75) is 180 Å². The molecular weight excluding hydrogens is 1430 g/mol. The standard InChI is InChI=1S/C39H47N3O2Si.C24H28N2O2Si.C17H26NO4P.CH3F.CH2O3.2K.H/c1-39(2,3)45(35-18-6-4-7-19-35,36-20-8-5-9-21-36)44-28-14-23-38-40-29-31(30-41-38)24-27-34(43)17-12-11-16-33-26-25-32-15-10-13-22-37(32)42-33;1-24(2,3)29(21-11-6-4-7-12-21,22-13-8-5-9-14-22)28-16-10-15-23-25-17-20(19-27)18-26-23;1-21-23(20,22-2)13-16(19)9-5-4-8-15-12-11-14-7-3-6-10-17(14)18-15;1-2;2-1-4-3;;;/h4-9,18-21,24-27,29-30H,10-17,22-23,28H2,1-3H3;4-9,11-14,17-19H,10,15-16H2,1-3H3;11-12H,3-10,13H2,1-2H3;1H3;1,3H;;;/q;;;;;2*+1;-1/p-1/b27-24+;;;;;;;/i;;;1D;;;;. The molecule has 8 aromatic rings. The van der Waals surface area contributed by atoms with Crippen molar-refractivity contribution < 1.29 is 162 Å². The molecule has 4 aromatic heterocycles. The van der Waals surface area contributed by atoms with Crippen molar-refractivity contribution in [3.05, 3.63) is 233 Å². The summed E-state index contributed by atoms with van der Waals surface area (Å²) >= 11 is 0. The number of nitrogens with zero attached hydrogens (tertiary/aromatic N) is 6. The van der Waals surface area contributed by atoms with Crippen LogP contribution in [-0.4, -0.2) is 112 Å². The molecule has 105 heavy (non-hydrogen) atoms. The molecule has 0 unspecified atom stereocenters. The number of pyridine rings is 2. The van der Waals surface area contributed by atoms with E-state index in [-0.39, 0.29) is 138 Å². The largest absolute Gasteiger partial charge is 1.00 e. The maximum Gasteiger partial charge on any atom is 1.00 e. The summed E-state index contributed by atoms with van der Waals surface area (Å²) < 4.78 is 50.8. The second-order valence-corrected chi connectivity index (χ2v) is 38.4. The first-order valence-corrected chi connectivity index (χ1v) is 41.3. The Bertz CT molecular complexity index is 3850. The summed E-state index contributed by atoms with van der Waals surface area (Å²) in [7, 11) is -6.64. The van der Waals surface area contributed by atoms with E-state index in [4.69, 9.17) is 39.3 Å². The van der Waals surface area contributed by atoms with Crippen molar-refractivity contribution in [3.63, 3.8) is 0 Å². The Kier molecular flexibility index (Phi) is 42.7. The van der Waals surface area contributed by atoms with E-state index in [1.165, 1.54) is 83.2 Å². The molecule has 2 aliphatic carbocycles. The minimum absolute atomic E-state index is 0. The average molecular weight is 1540 g/mol. The Morgan fingerprint density at radius 2 is 0.905 bits per heavy atom. The molecule has 0 N–H and O–H groups in total. The van der Waals surface area contributed by atoms with Crippen LogP contribution in [0.15, 0.2) is 176 Å². The second kappa shape index (κ2) is 49.4. The van der Waals surface area contributed by atoms with Crippen molar-refractivity contribution >= 4 is 75.4 Å². The third-order valence-corrected chi connectivity index (χ3v) is 30.2. The van der Waals surface area contributed by atoms with Crippen LogP contribution in [0.25, 0.3) is 6.08 Å². The van der Waals surface area contributed by atoms with Gasteiger partial charge < -0.3 is 29.5 Å². The minimum atomic E-state index is -3.22. The molecule has 0 spiro atoms. The molecule has 4 aromatic carbocycles. The van der Waals surface area contributed by atoms with Gasteiger partial charge in [0.1, 0.15) is 23.6 Å². The van der Waals surface area contributed by atoms with Crippen molar-refractivity contribution in [3.8, 4) is 0 Å². The van der Waals surface area contributed by atoms with E-state index in [1.54, 1.807) is 30.9 Å². The number of aldehydes is 1. The van der Waals surface area contributed by atoms with E-state index < -0.39 is 31.4 Å². The Morgan fingerprint density at radius 1 is 0.543 bits per heavy atom. The molecule has 10 rings (SSSR count). The smallest absolute Gasteiger partial charge is 1.00 e. The second-order valence-electron chi connectivity index (χ2n) is 27.5. The maximum atomic E-state index is 12.5. The summed E-state index contributed by atoms with van der Waals surface area (Å²) in [6.07, 6.45) is 29.8. The fourth-order valence-electron chi connectivity index (χ4n) is 13.1. The summed E-state index contributed by atoms with van der Waals surface area (Å²) in [4.78, 5) is 73.6. The first-order chi connectivity index (χ1) is 50.2. The Hall–Kier alpha value is -4.77. The van der Waals surface area contributed by atoms with Crippen LogP contribution in [0.3, 0.4) is 0 Å². The van der Waals surface area contributed by atoms with Crippen LogP contribution in [-0.2, 0) is 93.1 Å². The van der Waals surface area contributed by atoms with Crippen LogP contribution >= 0.6 is 7.60 Å². The fraction of sp³-hybridized carbons (Fsp3) is 0.415. The normalized spacial score (nSPS) is 12.7.